The van der Waals surface area contributed by atoms with Gasteiger partial charge in [0.2, 0.25) is 0 Å². The summed E-state index contributed by atoms with van der Waals surface area (Å²) in [5.41, 5.74) is 3.55. The smallest absolute Gasteiger partial charge is 0.170 e. The number of hydrogen-bond donors (Lipinski definition) is 2. The number of ether oxygens (including phenoxy) is 1. The molecule has 0 fully saturated rings. The van der Waals surface area contributed by atoms with E-state index in [2.05, 4.69) is 59.7 Å². The molecule has 0 bridgehead atoms. The van der Waals surface area contributed by atoms with Gasteiger partial charge in [-0.15, -0.1) is 0 Å². The number of hydrogen-bond acceptors (Lipinski definition) is 4. The Balaban J connectivity index is 2.48. The third-order valence-electron chi connectivity index (χ3n) is 6.80. The van der Waals surface area contributed by atoms with E-state index in [0.717, 1.165) is 52.4 Å². The van der Waals surface area contributed by atoms with Crippen LogP contribution >= 0.6 is 0 Å². The minimum Gasteiger partial charge on any atom is -0.507 e. The molecule has 1 aliphatic rings. The molecule has 1 atom stereocenters. The van der Waals surface area contributed by atoms with Crippen molar-refractivity contribution < 1.29 is 14.9 Å². The van der Waals surface area contributed by atoms with Crippen LogP contribution in [0.15, 0.2) is 23.2 Å². The van der Waals surface area contributed by atoms with Crippen molar-refractivity contribution in [1.82, 2.24) is 0 Å². The van der Waals surface area contributed by atoms with Crippen LogP contribution in [-0.4, -0.2) is 35.4 Å². The van der Waals surface area contributed by atoms with Crippen LogP contribution in [0.2, 0.25) is 0 Å². The topological polar surface area (TPSA) is 62.0 Å². The van der Waals surface area contributed by atoms with Gasteiger partial charge >= 0.3 is 0 Å². The summed E-state index contributed by atoms with van der Waals surface area (Å²) in [6, 6.07) is 6.67. The normalized spacial score (nSPS) is 20.6. The van der Waals surface area contributed by atoms with Crippen LogP contribution in [0.25, 0.3) is 10.8 Å². The van der Waals surface area contributed by atoms with E-state index < -0.39 is 11.1 Å². The summed E-state index contributed by atoms with van der Waals surface area (Å²) in [7, 11) is 1.66. The SMILES string of the molecule is CCCc1ccc2c(CC(C)(C)C)c(O)c3c(c2c1)C(C)(C)C(CCO)(OC)N=C3C. The molecule has 0 aromatic heterocycles. The highest BCUT2D eigenvalue weighted by molar-refractivity contribution is 6.10. The molecule has 1 heterocycles. The molecule has 170 valence electrons. The van der Waals surface area contributed by atoms with Gasteiger partial charge in [0.05, 0.1) is 0 Å². The summed E-state index contributed by atoms with van der Waals surface area (Å²) < 4.78 is 6.01. The van der Waals surface area contributed by atoms with E-state index in [1.54, 1.807) is 7.11 Å². The van der Waals surface area contributed by atoms with Crippen LogP contribution in [0.3, 0.4) is 0 Å². The molecule has 4 nitrogen and oxygen atoms in total. The molecule has 2 aromatic carbocycles. The first-order valence-corrected chi connectivity index (χ1v) is 11.5. The molecule has 1 unspecified atom stereocenters. The molecule has 2 aromatic rings. The molecule has 2 N–H and O–H groups in total. The third kappa shape index (κ3) is 3.89. The number of rotatable bonds is 6. The summed E-state index contributed by atoms with van der Waals surface area (Å²) in [4.78, 5) is 4.95. The van der Waals surface area contributed by atoms with Crippen LogP contribution in [-0.2, 0) is 23.0 Å². The van der Waals surface area contributed by atoms with Crippen molar-refractivity contribution >= 4 is 16.5 Å². The van der Waals surface area contributed by atoms with E-state index in [9.17, 15) is 10.2 Å². The lowest BCUT2D eigenvalue weighted by atomic mass is 9.66. The zero-order valence-corrected chi connectivity index (χ0v) is 20.5. The largest absolute Gasteiger partial charge is 0.507 e. The quantitative estimate of drug-likeness (QED) is 0.604. The van der Waals surface area contributed by atoms with E-state index in [-0.39, 0.29) is 12.0 Å². The minimum atomic E-state index is -0.884. The number of fused-ring (bicyclic) bond motifs is 3. The number of nitrogens with zero attached hydrogens (tertiary/aromatic N) is 1. The van der Waals surface area contributed by atoms with Gasteiger partial charge < -0.3 is 14.9 Å². The number of aliphatic hydroxyl groups excluding tert-OH is 1. The molecule has 3 rings (SSSR count). The summed E-state index contributed by atoms with van der Waals surface area (Å²) >= 11 is 0. The Bertz CT molecular complexity index is 1010. The van der Waals surface area contributed by atoms with Crippen LogP contribution < -0.4 is 0 Å². The number of aliphatic imine (C=N–C) groups is 1. The number of phenolic OH excluding ortho intramolecular Hbond substituents is 1. The maximum atomic E-state index is 11.6. The number of phenols is 1. The lowest BCUT2D eigenvalue weighted by Gasteiger charge is -2.47. The predicted molar refractivity (Wildman–Crippen MR) is 129 cm³/mol. The van der Waals surface area contributed by atoms with Crippen molar-refractivity contribution in [1.29, 1.82) is 0 Å². The summed E-state index contributed by atoms with van der Waals surface area (Å²) in [5, 5.41) is 23.7. The van der Waals surface area contributed by atoms with Gasteiger partial charge in [0.15, 0.2) is 5.72 Å². The average molecular weight is 426 g/mol. The Labute approximate surface area is 187 Å². The van der Waals surface area contributed by atoms with Crippen molar-refractivity contribution in [3.05, 3.63) is 40.5 Å². The second kappa shape index (κ2) is 8.22. The van der Waals surface area contributed by atoms with Crippen LogP contribution in [0, 0.1) is 5.41 Å². The monoisotopic (exact) mass is 425 g/mol. The second-order valence-electron chi connectivity index (χ2n) is 10.7. The van der Waals surface area contributed by atoms with Crippen LogP contribution in [0.4, 0.5) is 0 Å². The third-order valence-corrected chi connectivity index (χ3v) is 6.80. The Morgan fingerprint density at radius 1 is 1.13 bits per heavy atom. The van der Waals surface area contributed by atoms with Gasteiger partial charge in [0, 0.05) is 42.4 Å². The van der Waals surface area contributed by atoms with Crippen molar-refractivity contribution in [2.75, 3.05) is 13.7 Å². The molecule has 1 aliphatic heterocycles. The van der Waals surface area contributed by atoms with Crippen molar-refractivity contribution in [3.8, 4) is 5.75 Å². The van der Waals surface area contributed by atoms with Gasteiger partial charge in [0.1, 0.15) is 5.75 Å². The predicted octanol–water partition coefficient (Wildman–Crippen LogP) is 5.91. The van der Waals surface area contributed by atoms with Gasteiger partial charge in [-0.1, -0.05) is 66.2 Å². The molecular weight excluding hydrogens is 386 g/mol. The van der Waals surface area contributed by atoms with Crippen molar-refractivity contribution in [2.45, 2.75) is 85.3 Å². The molecule has 31 heavy (non-hydrogen) atoms. The zero-order valence-electron chi connectivity index (χ0n) is 20.5. The lowest BCUT2D eigenvalue weighted by molar-refractivity contribution is -0.0739. The number of aromatic hydroxyl groups is 1. The minimum absolute atomic E-state index is 0.0174. The molecule has 0 radical (unpaired) electrons. The van der Waals surface area contributed by atoms with Crippen molar-refractivity contribution in [3.63, 3.8) is 0 Å². The first kappa shape index (κ1) is 23.7. The number of methoxy groups -OCH3 is 1. The van der Waals surface area contributed by atoms with Crippen LogP contribution in [0.1, 0.15) is 83.6 Å². The zero-order chi connectivity index (χ0) is 23.2. The fourth-order valence-electron chi connectivity index (χ4n) is 5.33. The van der Waals surface area contributed by atoms with Gasteiger partial charge in [-0.2, -0.15) is 0 Å². The standard InChI is InChI=1S/C27H39NO3/c1-9-10-18-11-12-19-20(15-18)23-22(24(30)21(19)16-25(3,4)5)17(2)28-27(31-8,13-14-29)26(23,6)7/h11-12,15,29-30H,9-10,13-14,16H2,1-8H3. The van der Waals surface area contributed by atoms with E-state index in [1.165, 1.54) is 5.56 Å². The van der Waals surface area contributed by atoms with E-state index in [0.29, 0.717) is 12.2 Å². The van der Waals surface area contributed by atoms with E-state index in [1.807, 2.05) is 6.92 Å². The second-order valence-corrected chi connectivity index (χ2v) is 10.7. The highest BCUT2D eigenvalue weighted by Gasteiger charge is 2.51. The summed E-state index contributed by atoms with van der Waals surface area (Å²) in [6.45, 7) is 15.0. The fraction of sp³-hybridized carbons (Fsp3) is 0.593. The average Bonchev–Trinajstić information content (AvgIpc) is 2.67. The number of benzene rings is 2. The number of aliphatic hydroxyl groups is 1. The van der Waals surface area contributed by atoms with Gasteiger partial charge in [0.25, 0.3) is 0 Å². The molecule has 0 saturated heterocycles. The Morgan fingerprint density at radius 2 is 1.81 bits per heavy atom. The first-order chi connectivity index (χ1) is 14.4. The Kier molecular flexibility index (Phi) is 6.29. The van der Waals surface area contributed by atoms with Gasteiger partial charge in [-0.25, -0.2) is 0 Å². The highest BCUT2D eigenvalue weighted by Crippen LogP contribution is 2.52. The Morgan fingerprint density at radius 3 is 2.35 bits per heavy atom. The molecule has 4 heteroatoms. The molecule has 0 spiro atoms. The number of aryl methyl sites for hydroxylation is 1. The van der Waals surface area contributed by atoms with Gasteiger partial charge in [-0.3, -0.25) is 4.99 Å². The van der Waals surface area contributed by atoms with E-state index in [4.69, 9.17) is 9.73 Å². The molecule has 0 aliphatic carbocycles. The molecule has 0 saturated carbocycles. The maximum absolute atomic E-state index is 11.6. The molecule has 0 amide bonds. The van der Waals surface area contributed by atoms with Gasteiger partial charge in [-0.05, 0) is 47.1 Å². The van der Waals surface area contributed by atoms with Crippen molar-refractivity contribution in [2.24, 2.45) is 10.4 Å². The molecular formula is C27H39NO3. The maximum Gasteiger partial charge on any atom is 0.170 e. The fourth-order valence-corrected chi connectivity index (χ4v) is 5.33. The summed E-state index contributed by atoms with van der Waals surface area (Å²) in [5.74, 6) is 0.337. The van der Waals surface area contributed by atoms with Crippen LogP contribution in [0.5, 0.6) is 5.75 Å². The highest BCUT2D eigenvalue weighted by atomic mass is 16.5. The lowest BCUT2D eigenvalue weighted by Crippen LogP contribution is -2.52. The first-order valence-electron chi connectivity index (χ1n) is 11.5. The summed E-state index contributed by atoms with van der Waals surface area (Å²) in [6.07, 6.45) is 3.26. The Hall–Kier alpha value is -1.91. The van der Waals surface area contributed by atoms with E-state index >= 15 is 0 Å².